The van der Waals surface area contributed by atoms with Gasteiger partial charge in [-0.25, -0.2) is 4.90 Å². The number of hydrogen-bond acceptors (Lipinski definition) is 5. The molecule has 0 aliphatic carbocycles. The Balaban J connectivity index is 1.50. The maximum atomic E-state index is 12.9. The normalized spacial score (nSPS) is 13.5. The fourth-order valence-corrected chi connectivity index (χ4v) is 3.86. The first-order chi connectivity index (χ1) is 15.7. The molecule has 1 aliphatic rings. The van der Waals surface area contributed by atoms with E-state index in [1.165, 1.54) is 36.4 Å². The first kappa shape index (κ1) is 22.7. The van der Waals surface area contributed by atoms with Gasteiger partial charge >= 0.3 is 0 Å². The SMILES string of the molecule is O=C(Nc1ccccc1O)c1ccc(NC2=C(Cl)C(=O)N(c3cc(Cl)cc(Cl)c3)C2=O)cc1. The zero-order valence-corrected chi connectivity index (χ0v) is 18.9. The summed E-state index contributed by atoms with van der Waals surface area (Å²) in [6.45, 7) is 0. The van der Waals surface area contributed by atoms with Crippen LogP contribution >= 0.6 is 34.8 Å². The molecule has 3 aromatic carbocycles. The van der Waals surface area contributed by atoms with Crippen LogP contribution in [0.1, 0.15) is 10.4 Å². The predicted molar refractivity (Wildman–Crippen MR) is 128 cm³/mol. The lowest BCUT2D eigenvalue weighted by molar-refractivity contribution is -0.120. The first-order valence-electron chi connectivity index (χ1n) is 9.45. The lowest BCUT2D eigenvalue weighted by Gasteiger charge is -2.16. The molecular formula is C23H14Cl3N3O4. The van der Waals surface area contributed by atoms with Gasteiger partial charge in [-0.2, -0.15) is 0 Å². The molecule has 0 bridgehead atoms. The summed E-state index contributed by atoms with van der Waals surface area (Å²) in [5.41, 5.74) is 1.08. The Hall–Kier alpha value is -3.52. The van der Waals surface area contributed by atoms with Crippen LogP contribution in [0, 0.1) is 0 Å². The average molecular weight is 503 g/mol. The Bertz CT molecular complexity index is 1300. The summed E-state index contributed by atoms with van der Waals surface area (Å²) in [6, 6.07) is 16.8. The molecule has 3 amide bonds. The van der Waals surface area contributed by atoms with Crippen molar-refractivity contribution in [1.29, 1.82) is 0 Å². The second-order valence-corrected chi connectivity index (χ2v) is 8.19. The van der Waals surface area contributed by atoms with Gasteiger partial charge in [-0.1, -0.05) is 46.9 Å². The van der Waals surface area contributed by atoms with Gasteiger partial charge in [0.2, 0.25) is 0 Å². The summed E-state index contributed by atoms with van der Waals surface area (Å²) < 4.78 is 0. The van der Waals surface area contributed by atoms with Crippen molar-refractivity contribution in [2.24, 2.45) is 0 Å². The number of hydrogen-bond donors (Lipinski definition) is 3. The monoisotopic (exact) mass is 501 g/mol. The van der Waals surface area contributed by atoms with Crippen molar-refractivity contribution in [3.63, 3.8) is 0 Å². The highest BCUT2D eigenvalue weighted by atomic mass is 35.5. The highest BCUT2D eigenvalue weighted by molar-refractivity contribution is 6.53. The maximum Gasteiger partial charge on any atom is 0.283 e. The largest absolute Gasteiger partial charge is 0.506 e. The Morgan fingerprint density at radius 3 is 2.12 bits per heavy atom. The number of halogens is 3. The van der Waals surface area contributed by atoms with Gasteiger partial charge in [-0.3, -0.25) is 14.4 Å². The molecule has 1 heterocycles. The molecule has 10 heteroatoms. The smallest absolute Gasteiger partial charge is 0.283 e. The van der Waals surface area contributed by atoms with Crippen LogP contribution in [-0.2, 0) is 9.59 Å². The van der Waals surface area contributed by atoms with Crippen molar-refractivity contribution in [1.82, 2.24) is 0 Å². The van der Waals surface area contributed by atoms with Crippen molar-refractivity contribution in [2.75, 3.05) is 15.5 Å². The molecule has 0 fully saturated rings. The number of carbonyl (C=O) groups is 3. The van der Waals surface area contributed by atoms with Crippen LogP contribution < -0.4 is 15.5 Å². The van der Waals surface area contributed by atoms with E-state index in [1.54, 1.807) is 30.3 Å². The van der Waals surface area contributed by atoms with E-state index in [4.69, 9.17) is 34.8 Å². The van der Waals surface area contributed by atoms with Crippen molar-refractivity contribution >= 4 is 69.6 Å². The summed E-state index contributed by atoms with van der Waals surface area (Å²) in [6.07, 6.45) is 0. The topological polar surface area (TPSA) is 98.7 Å². The second-order valence-electron chi connectivity index (χ2n) is 6.94. The van der Waals surface area contributed by atoms with Crippen LogP contribution in [-0.4, -0.2) is 22.8 Å². The number of imide groups is 1. The Labute approximate surface area is 203 Å². The van der Waals surface area contributed by atoms with E-state index in [9.17, 15) is 19.5 Å². The molecule has 166 valence electrons. The van der Waals surface area contributed by atoms with Crippen LogP contribution in [0.15, 0.2) is 77.5 Å². The molecule has 0 aromatic heterocycles. The number of aromatic hydroxyl groups is 1. The number of amides is 3. The summed E-state index contributed by atoms with van der Waals surface area (Å²) >= 11 is 18.1. The number of phenolic OH excluding ortho intramolecular Hbond substituents is 1. The third-order valence-electron chi connectivity index (χ3n) is 4.70. The number of carbonyl (C=O) groups excluding carboxylic acids is 3. The first-order valence-corrected chi connectivity index (χ1v) is 10.6. The highest BCUT2D eigenvalue weighted by Crippen LogP contribution is 2.33. The number of nitrogens with zero attached hydrogens (tertiary/aromatic N) is 1. The molecule has 0 saturated carbocycles. The Morgan fingerprint density at radius 2 is 1.48 bits per heavy atom. The minimum Gasteiger partial charge on any atom is -0.506 e. The van der Waals surface area contributed by atoms with E-state index in [-0.39, 0.29) is 37.9 Å². The minimum absolute atomic E-state index is 0.0549. The van der Waals surface area contributed by atoms with Crippen LogP contribution in [0.5, 0.6) is 5.75 Å². The molecular weight excluding hydrogens is 489 g/mol. The third kappa shape index (κ3) is 4.66. The van der Waals surface area contributed by atoms with E-state index in [0.717, 1.165) is 4.90 Å². The standard InChI is InChI=1S/C23H14Cl3N3O4/c24-13-9-14(25)11-16(10-13)29-22(32)19(26)20(23(29)33)27-15-7-5-12(6-8-15)21(31)28-17-3-1-2-4-18(17)30/h1-11,27,30H,(H,28,31). The molecule has 3 aromatic rings. The summed E-state index contributed by atoms with van der Waals surface area (Å²) in [4.78, 5) is 38.8. The van der Waals surface area contributed by atoms with Crippen molar-refractivity contribution < 1.29 is 19.5 Å². The number of benzene rings is 3. The molecule has 0 spiro atoms. The number of phenols is 1. The van der Waals surface area contributed by atoms with Gasteiger partial charge < -0.3 is 15.7 Å². The van der Waals surface area contributed by atoms with Gasteiger partial charge in [0.1, 0.15) is 16.5 Å². The van der Waals surface area contributed by atoms with Gasteiger partial charge in [0.05, 0.1) is 11.4 Å². The number of para-hydroxylation sites is 2. The van der Waals surface area contributed by atoms with Gasteiger partial charge in [0, 0.05) is 21.3 Å². The molecule has 1 aliphatic heterocycles. The maximum absolute atomic E-state index is 12.9. The van der Waals surface area contributed by atoms with Gasteiger partial charge in [0.15, 0.2) is 0 Å². The number of nitrogens with one attached hydrogen (secondary N) is 2. The van der Waals surface area contributed by atoms with E-state index < -0.39 is 17.7 Å². The summed E-state index contributed by atoms with van der Waals surface area (Å²) in [5, 5.41) is 15.4. The molecule has 33 heavy (non-hydrogen) atoms. The van der Waals surface area contributed by atoms with Crippen LogP contribution in [0.2, 0.25) is 10.0 Å². The quantitative estimate of drug-likeness (QED) is 0.321. The third-order valence-corrected chi connectivity index (χ3v) is 5.49. The zero-order chi connectivity index (χ0) is 23.7. The van der Waals surface area contributed by atoms with Crippen molar-refractivity contribution in [2.45, 2.75) is 0 Å². The lowest BCUT2D eigenvalue weighted by atomic mass is 10.2. The number of anilines is 3. The van der Waals surface area contributed by atoms with Crippen LogP contribution in [0.3, 0.4) is 0 Å². The van der Waals surface area contributed by atoms with E-state index >= 15 is 0 Å². The van der Waals surface area contributed by atoms with Crippen LogP contribution in [0.25, 0.3) is 0 Å². The predicted octanol–water partition coefficient (Wildman–Crippen LogP) is 5.39. The lowest BCUT2D eigenvalue weighted by Crippen LogP contribution is -2.32. The molecule has 3 N–H and O–H groups in total. The second kappa shape index (κ2) is 9.15. The average Bonchev–Trinajstić information content (AvgIpc) is 2.98. The molecule has 0 unspecified atom stereocenters. The van der Waals surface area contributed by atoms with Crippen molar-refractivity contribution in [3.05, 3.63) is 93.1 Å². The summed E-state index contributed by atoms with van der Waals surface area (Å²) in [5.74, 6) is -1.89. The molecule has 7 nitrogen and oxygen atoms in total. The van der Waals surface area contributed by atoms with Gasteiger partial charge in [-0.15, -0.1) is 0 Å². The van der Waals surface area contributed by atoms with Gasteiger partial charge in [-0.05, 0) is 54.6 Å². The Kier molecular flexibility index (Phi) is 6.29. The van der Waals surface area contributed by atoms with E-state index in [2.05, 4.69) is 10.6 Å². The fraction of sp³-hybridized carbons (Fsp3) is 0. The highest BCUT2D eigenvalue weighted by Gasteiger charge is 2.39. The Morgan fingerprint density at radius 1 is 0.848 bits per heavy atom. The molecule has 0 atom stereocenters. The molecule has 0 saturated heterocycles. The molecule has 4 rings (SSSR count). The fourth-order valence-electron chi connectivity index (χ4n) is 3.14. The van der Waals surface area contributed by atoms with Gasteiger partial charge in [0.25, 0.3) is 17.7 Å². The van der Waals surface area contributed by atoms with E-state index in [1.807, 2.05) is 0 Å². The number of rotatable bonds is 5. The molecule has 0 radical (unpaired) electrons. The van der Waals surface area contributed by atoms with Crippen molar-refractivity contribution in [3.8, 4) is 5.75 Å². The zero-order valence-electron chi connectivity index (χ0n) is 16.6. The van der Waals surface area contributed by atoms with E-state index in [0.29, 0.717) is 11.3 Å². The summed E-state index contributed by atoms with van der Waals surface area (Å²) in [7, 11) is 0. The van der Waals surface area contributed by atoms with Crippen LogP contribution in [0.4, 0.5) is 17.1 Å². The minimum atomic E-state index is -0.721.